The van der Waals surface area contributed by atoms with Crippen LogP contribution in [0.2, 0.25) is 0 Å². The molecule has 1 aromatic rings. The summed E-state index contributed by atoms with van der Waals surface area (Å²) >= 11 is 1.71. The zero-order valence-corrected chi connectivity index (χ0v) is 15.0. The highest BCUT2D eigenvalue weighted by Crippen LogP contribution is 2.29. The van der Waals surface area contributed by atoms with Crippen LogP contribution in [0, 0.1) is 5.92 Å². The van der Waals surface area contributed by atoms with E-state index in [4.69, 9.17) is 0 Å². The van der Waals surface area contributed by atoms with Crippen LogP contribution < -0.4 is 0 Å². The fraction of sp³-hybridized carbons (Fsp3) is 0.611. The van der Waals surface area contributed by atoms with Crippen LogP contribution in [0.15, 0.2) is 24.5 Å². The van der Waals surface area contributed by atoms with E-state index in [1.165, 1.54) is 0 Å². The highest BCUT2D eigenvalue weighted by atomic mass is 32.2. The van der Waals surface area contributed by atoms with Crippen molar-refractivity contribution in [2.45, 2.75) is 32.2 Å². The first-order valence-electron chi connectivity index (χ1n) is 8.75. The minimum absolute atomic E-state index is 0.0592. The summed E-state index contributed by atoms with van der Waals surface area (Å²) in [6.45, 7) is 4.34. The Morgan fingerprint density at radius 1 is 1.21 bits per heavy atom. The quantitative estimate of drug-likeness (QED) is 0.767. The number of amides is 2. The molecule has 0 N–H and O–H groups in total. The summed E-state index contributed by atoms with van der Waals surface area (Å²) in [5, 5.41) is 0. The van der Waals surface area contributed by atoms with Crippen LogP contribution >= 0.6 is 11.8 Å². The number of fused-ring (bicyclic) bond motifs is 4. The van der Waals surface area contributed by atoms with Crippen LogP contribution in [0.3, 0.4) is 0 Å². The topological polar surface area (TPSA) is 53.5 Å². The van der Waals surface area contributed by atoms with Crippen LogP contribution in [0.25, 0.3) is 0 Å². The summed E-state index contributed by atoms with van der Waals surface area (Å²) in [6, 6.07) is 3.70. The third-order valence-corrected chi connectivity index (χ3v) is 5.97. The van der Waals surface area contributed by atoms with Crippen molar-refractivity contribution in [1.29, 1.82) is 0 Å². The van der Waals surface area contributed by atoms with Gasteiger partial charge < -0.3 is 9.80 Å². The second-order valence-electron chi connectivity index (χ2n) is 6.64. The van der Waals surface area contributed by atoms with Gasteiger partial charge in [-0.1, -0.05) is 6.92 Å². The summed E-state index contributed by atoms with van der Waals surface area (Å²) in [7, 11) is 0. The Balaban J connectivity index is 1.67. The molecule has 0 spiro atoms. The molecule has 4 rings (SSSR count). The van der Waals surface area contributed by atoms with Gasteiger partial charge in [0.15, 0.2) is 0 Å². The molecule has 3 aliphatic rings. The normalized spacial score (nSPS) is 23.2. The molecule has 3 fully saturated rings. The van der Waals surface area contributed by atoms with Crippen molar-refractivity contribution in [2.75, 3.05) is 31.1 Å². The second kappa shape index (κ2) is 8.01. The third-order valence-electron chi connectivity index (χ3n) is 4.82. The monoisotopic (exact) mass is 347 g/mol. The standard InChI is InChI=1S/C18H25N3O2S/c1-2-9-24-13-17(22)21-11-14-3-4-16(21)12-20(10-14)18(23)15-5-7-19-8-6-15/h5-8,14,16H,2-4,9-13H2,1H3/t14-,16+/m0/s1. The summed E-state index contributed by atoms with van der Waals surface area (Å²) in [5.74, 6) is 2.29. The molecule has 0 radical (unpaired) electrons. The van der Waals surface area contributed by atoms with Gasteiger partial charge in [0.2, 0.25) is 5.91 Å². The summed E-state index contributed by atoms with van der Waals surface area (Å²) in [4.78, 5) is 33.3. The molecule has 3 saturated heterocycles. The molecule has 2 bridgehead atoms. The van der Waals surface area contributed by atoms with Crippen molar-refractivity contribution in [1.82, 2.24) is 14.8 Å². The molecule has 3 aliphatic heterocycles. The van der Waals surface area contributed by atoms with Gasteiger partial charge in [-0.3, -0.25) is 14.6 Å². The molecule has 2 atom stereocenters. The van der Waals surface area contributed by atoms with Crippen LogP contribution in [-0.2, 0) is 4.79 Å². The smallest absolute Gasteiger partial charge is 0.254 e. The van der Waals surface area contributed by atoms with Gasteiger partial charge in [0.25, 0.3) is 5.91 Å². The van der Waals surface area contributed by atoms with E-state index in [2.05, 4.69) is 11.9 Å². The van der Waals surface area contributed by atoms with Gasteiger partial charge in [0, 0.05) is 43.6 Å². The Morgan fingerprint density at radius 2 is 2.00 bits per heavy atom. The molecular weight excluding hydrogens is 322 g/mol. The molecule has 0 unspecified atom stereocenters. The molecule has 2 amide bonds. The van der Waals surface area contributed by atoms with Gasteiger partial charge >= 0.3 is 0 Å². The van der Waals surface area contributed by atoms with E-state index in [9.17, 15) is 9.59 Å². The summed E-state index contributed by atoms with van der Waals surface area (Å²) < 4.78 is 0. The Morgan fingerprint density at radius 3 is 2.75 bits per heavy atom. The van der Waals surface area contributed by atoms with E-state index in [-0.39, 0.29) is 17.9 Å². The van der Waals surface area contributed by atoms with Crippen LogP contribution in [0.5, 0.6) is 0 Å². The lowest BCUT2D eigenvalue weighted by Crippen LogP contribution is -2.48. The third kappa shape index (κ3) is 3.91. The van der Waals surface area contributed by atoms with E-state index in [1.54, 1.807) is 36.3 Å². The Labute approximate surface area is 147 Å². The number of carbonyl (C=O) groups excluding carboxylic acids is 2. The predicted molar refractivity (Wildman–Crippen MR) is 96.0 cm³/mol. The van der Waals surface area contributed by atoms with Crippen molar-refractivity contribution >= 4 is 23.6 Å². The van der Waals surface area contributed by atoms with Crippen molar-refractivity contribution in [3.8, 4) is 0 Å². The van der Waals surface area contributed by atoms with Crippen molar-refractivity contribution in [3.63, 3.8) is 0 Å². The van der Waals surface area contributed by atoms with E-state index in [0.29, 0.717) is 23.8 Å². The molecule has 0 saturated carbocycles. The number of rotatable bonds is 5. The lowest BCUT2D eigenvalue weighted by molar-refractivity contribution is -0.132. The molecular formula is C18H25N3O2S. The highest BCUT2D eigenvalue weighted by molar-refractivity contribution is 7.99. The zero-order chi connectivity index (χ0) is 16.9. The van der Waals surface area contributed by atoms with Gasteiger partial charge in [-0.2, -0.15) is 11.8 Å². The molecule has 4 heterocycles. The van der Waals surface area contributed by atoms with Gasteiger partial charge in [-0.15, -0.1) is 0 Å². The molecule has 24 heavy (non-hydrogen) atoms. The number of carbonyl (C=O) groups is 2. The Hall–Kier alpha value is -1.56. The highest BCUT2D eigenvalue weighted by Gasteiger charge is 2.38. The lowest BCUT2D eigenvalue weighted by Gasteiger charge is -2.36. The molecule has 6 heteroatoms. The largest absolute Gasteiger partial charge is 0.337 e. The molecule has 5 nitrogen and oxygen atoms in total. The number of thioether (sulfide) groups is 1. The Kier molecular flexibility index (Phi) is 5.76. The maximum atomic E-state index is 12.7. The Bertz CT molecular complexity index is 581. The van der Waals surface area contributed by atoms with Crippen molar-refractivity contribution < 1.29 is 9.59 Å². The second-order valence-corrected chi connectivity index (χ2v) is 7.75. The van der Waals surface area contributed by atoms with Gasteiger partial charge in [-0.05, 0) is 43.1 Å². The first kappa shape index (κ1) is 17.3. The van der Waals surface area contributed by atoms with E-state index >= 15 is 0 Å². The first-order valence-corrected chi connectivity index (χ1v) is 9.91. The minimum Gasteiger partial charge on any atom is -0.337 e. The number of hydrogen-bond acceptors (Lipinski definition) is 4. The van der Waals surface area contributed by atoms with E-state index in [0.717, 1.165) is 38.1 Å². The van der Waals surface area contributed by atoms with Crippen molar-refractivity contribution in [3.05, 3.63) is 30.1 Å². The molecule has 0 aliphatic carbocycles. The van der Waals surface area contributed by atoms with E-state index < -0.39 is 0 Å². The van der Waals surface area contributed by atoms with Crippen molar-refractivity contribution in [2.24, 2.45) is 5.92 Å². The van der Waals surface area contributed by atoms with Crippen LogP contribution in [0.4, 0.5) is 0 Å². The average molecular weight is 347 g/mol. The molecule has 130 valence electrons. The number of hydrogen-bond donors (Lipinski definition) is 0. The van der Waals surface area contributed by atoms with Gasteiger partial charge in [-0.25, -0.2) is 0 Å². The predicted octanol–water partition coefficient (Wildman–Crippen LogP) is 2.29. The summed E-state index contributed by atoms with van der Waals surface area (Å²) in [6.07, 6.45) is 6.52. The summed E-state index contributed by atoms with van der Waals surface area (Å²) in [5.41, 5.74) is 0.683. The van der Waals surface area contributed by atoms with Gasteiger partial charge in [0.1, 0.15) is 0 Å². The number of piperidine rings is 1. The number of pyridine rings is 1. The first-order chi connectivity index (χ1) is 11.7. The molecule has 0 aromatic carbocycles. The fourth-order valence-corrected chi connectivity index (χ4v) is 4.39. The number of aromatic nitrogens is 1. The maximum absolute atomic E-state index is 12.7. The van der Waals surface area contributed by atoms with Crippen LogP contribution in [0.1, 0.15) is 36.5 Å². The molecule has 1 aromatic heterocycles. The van der Waals surface area contributed by atoms with E-state index in [1.807, 2.05) is 9.80 Å². The zero-order valence-electron chi connectivity index (χ0n) is 14.2. The fourth-order valence-electron chi connectivity index (χ4n) is 3.62. The SMILES string of the molecule is CCCSCC(=O)N1C[C@H]2CC[C@@H]1CN(C(=O)c1ccncc1)C2. The number of nitrogens with zero attached hydrogens (tertiary/aromatic N) is 3. The maximum Gasteiger partial charge on any atom is 0.254 e. The minimum atomic E-state index is 0.0592. The van der Waals surface area contributed by atoms with Gasteiger partial charge in [0.05, 0.1) is 5.75 Å². The lowest BCUT2D eigenvalue weighted by atomic mass is 9.95. The average Bonchev–Trinajstić information content (AvgIpc) is 2.94. The van der Waals surface area contributed by atoms with Crippen LogP contribution in [-0.4, -0.2) is 63.8 Å².